The van der Waals surface area contributed by atoms with E-state index < -0.39 is 0 Å². The van der Waals surface area contributed by atoms with Crippen LogP contribution in [0.5, 0.6) is 0 Å². The first-order valence-corrected chi connectivity index (χ1v) is 6.91. The van der Waals surface area contributed by atoms with Gasteiger partial charge in [0.15, 0.2) is 0 Å². The van der Waals surface area contributed by atoms with Crippen LogP contribution in [0.25, 0.3) is 11.0 Å². The third kappa shape index (κ3) is 1.72. The molecule has 21 heavy (non-hydrogen) atoms. The molecule has 1 aromatic heterocycles. The quantitative estimate of drug-likeness (QED) is 0.695. The van der Waals surface area contributed by atoms with E-state index in [0.717, 1.165) is 34.3 Å². The second-order valence-electron chi connectivity index (χ2n) is 5.20. The number of rotatable bonds is 1. The van der Waals surface area contributed by atoms with Gasteiger partial charge in [-0.25, -0.2) is 0 Å². The van der Waals surface area contributed by atoms with Gasteiger partial charge in [-0.1, -0.05) is 24.3 Å². The van der Waals surface area contributed by atoms with E-state index in [1.807, 2.05) is 42.5 Å². The summed E-state index contributed by atoms with van der Waals surface area (Å²) in [5.41, 5.74) is 10.0. The Kier molecular flexibility index (Phi) is 2.51. The molecule has 0 unspecified atom stereocenters. The number of hydrogen-bond acceptors (Lipinski definition) is 3. The van der Waals surface area contributed by atoms with E-state index in [2.05, 4.69) is 0 Å². The summed E-state index contributed by atoms with van der Waals surface area (Å²) in [6.45, 7) is 0.655. The second-order valence-corrected chi connectivity index (χ2v) is 5.20. The number of hydrogen-bond donors (Lipinski definition) is 1. The molecular formula is C17H14N2O2. The Morgan fingerprint density at radius 3 is 2.90 bits per heavy atom. The first-order chi connectivity index (χ1) is 10.3. The van der Waals surface area contributed by atoms with E-state index in [4.69, 9.17) is 10.2 Å². The molecule has 4 nitrogen and oxygen atoms in total. The normalized spacial score (nSPS) is 13.6. The lowest BCUT2D eigenvalue weighted by molar-refractivity contribution is 0.0990. The number of nitrogens with two attached hydrogens (primary N) is 1. The molecule has 0 bridgehead atoms. The molecule has 3 aromatic rings. The predicted molar refractivity (Wildman–Crippen MR) is 82.4 cm³/mol. The number of amides is 1. The zero-order valence-electron chi connectivity index (χ0n) is 11.4. The Labute approximate surface area is 121 Å². The van der Waals surface area contributed by atoms with Crippen LogP contribution < -0.4 is 10.6 Å². The number of carbonyl (C=O) groups excluding carboxylic acids is 1. The molecule has 2 heterocycles. The first kappa shape index (κ1) is 12.0. The predicted octanol–water partition coefficient (Wildman–Crippen LogP) is 3.22. The summed E-state index contributed by atoms with van der Waals surface area (Å²) in [5.74, 6) is -0.0377. The molecule has 104 valence electrons. The Hall–Kier alpha value is -2.75. The van der Waals surface area contributed by atoms with Crippen LogP contribution in [0, 0.1) is 0 Å². The highest BCUT2D eigenvalue weighted by molar-refractivity contribution is 6.14. The van der Waals surface area contributed by atoms with Gasteiger partial charge in [-0.3, -0.25) is 4.79 Å². The first-order valence-electron chi connectivity index (χ1n) is 6.91. The van der Waals surface area contributed by atoms with Gasteiger partial charge in [0.05, 0.1) is 5.56 Å². The standard InChI is InChI=1S/C17H14N2O2/c18-14-5-3-6-15-12(14)8-9-19(15)17(20)13-10-21-16-7-2-1-4-11(13)16/h1-7,10H,8-9,18H2. The molecule has 1 amide bonds. The molecule has 4 heteroatoms. The van der Waals surface area contributed by atoms with E-state index in [1.165, 1.54) is 6.26 Å². The van der Waals surface area contributed by atoms with Gasteiger partial charge in [-0.05, 0) is 24.6 Å². The van der Waals surface area contributed by atoms with Crippen molar-refractivity contribution in [1.29, 1.82) is 0 Å². The summed E-state index contributed by atoms with van der Waals surface area (Å²) < 4.78 is 5.47. The fourth-order valence-corrected chi connectivity index (χ4v) is 2.96. The number of furan rings is 1. The van der Waals surface area contributed by atoms with Crippen LogP contribution in [0.1, 0.15) is 15.9 Å². The van der Waals surface area contributed by atoms with E-state index in [-0.39, 0.29) is 5.91 Å². The molecule has 0 radical (unpaired) electrons. The number of fused-ring (bicyclic) bond motifs is 2. The van der Waals surface area contributed by atoms with Crippen molar-refractivity contribution in [1.82, 2.24) is 0 Å². The minimum Gasteiger partial charge on any atom is -0.463 e. The molecule has 0 aliphatic carbocycles. The number of para-hydroxylation sites is 1. The molecule has 1 aliphatic heterocycles. The van der Waals surface area contributed by atoms with Crippen molar-refractivity contribution < 1.29 is 9.21 Å². The number of anilines is 2. The maximum absolute atomic E-state index is 12.8. The largest absolute Gasteiger partial charge is 0.463 e. The Bertz CT molecular complexity index is 851. The zero-order chi connectivity index (χ0) is 14.4. The third-order valence-electron chi connectivity index (χ3n) is 4.02. The fourth-order valence-electron chi connectivity index (χ4n) is 2.96. The van der Waals surface area contributed by atoms with Crippen LogP contribution in [-0.4, -0.2) is 12.5 Å². The highest BCUT2D eigenvalue weighted by Crippen LogP contribution is 2.34. The van der Waals surface area contributed by atoms with Crippen LogP contribution >= 0.6 is 0 Å². The second kappa shape index (κ2) is 4.38. The number of nitrogen functional groups attached to an aromatic ring is 1. The molecular weight excluding hydrogens is 264 g/mol. The lowest BCUT2D eigenvalue weighted by Crippen LogP contribution is -2.28. The molecule has 2 N–H and O–H groups in total. The third-order valence-corrected chi connectivity index (χ3v) is 4.02. The summed E-state index contributed by atoms with van der Waals surface area (Å²) in [5, 5.41) is 0.847. The Morgan fingerprint density at radius 1 is 1.14 bits per heavy atom. The number of benzene rings is 2. The average molecular weight is 278 g/mol. The topological polar surface area (TPSA) is 59.5 Å². The van der Waals surface area contributed by atoms with Gasteiger partial charge in [0.25, 0.3) is 5.91 Å². The smallest absolute Gasteiger partial charge is 0.262 e. The van der Waals surface area contributed by atoms with E-state index in [9.17, 15) is 4.79 Å². The van der Waals surface area contributed by atoms with E-state index in [0.29, 0.717) is 12.1 Å². The minimum absolute atomic E-state index is 0.0377. The summed E-state index contributed by atoms with van der Waals surface area (Å²) >= 11 is 0. The van der Waals surface area contributed by atoms with Crippen LogP contribution in [0.2, 0.25) is 0 Å². The average Bonchev–Trinajstić information content (AvgIpc) is 3.11. The highest BCUT2D eigenvalue weighted by atomic mass is 16.3. The van der Waals surface area contributed by atoms with Crippen molar-refractivity contribution in [2.24, 2.45) is 0 Å². The monoisotopic (exact) mass is 278 g/mol. The maximum atomic E-state index is 12.8. The van der Waals surface area contributed by atoms with Gasteiger partial charge < -0.3 is 15.1 Å². The van der Waals surface area contributed by atoms with Crippen molar-refractivity contribution in [3.63, 3.8) is 0 Å². The van der Waals surface area contributed by atoms with Crippen molar-refractivity contribution in [3.05, 3.63) is 59.9 Å². The van der Waals surface area contributed by atoms with E-state index in [1.54, 1.807) is 4.90 Å². The molecule has 1 aliphatic rings. The summed E-state index contributed by atoms with van der Waals surface area (Å²) in [4.78, 5) is 14.6. The number of carbonyl (C=O) groups is 1. The summed E-state index contributed by atoms with van der Waals surface area (Å²) in [6.07, 6.45) is 2.33. The molecule has 0 saturated carbocycles. The lowest BCUT2D eigenvalue weighted by Gasteiger charge is -2.16. The maximum Gasteiger partial charge on any atom is 0.262 e. The van der Waals surface area contributed by atoms with Crippen molar-refractivity contribution in [2.45, 2.75) is 6.42 Å². The molecule has 0 atom stereocenters. The summed E-state index contributed by atoms with van der Waals surface area (Å²) in [6, 6.07) is 13.3. The minimum atomic E-state index is -0.0377. The van der Waals surface area contributed by atoms with Gasteiger partial charge in [0.2, 0.25) is 0 Å². The molecule has 0 spiro atoms. The zero-order valence-corrected chi connectivity index (χ0v) is 11.4. The van der Waals surface area contributed by atoms with Gasteiger partial charge in [-0.2, -0.15) is 0 Å². The van der Waals surface area contributed by atoms with Crippen LogP contribution in [0.4, 0.5) is 11.4 Å². The highest BCUT2D eigenvalue weighted by Gasteiger charge is 2.28. The van der Waals surface area contributed by atoms with Crippen molar-refractivity contribution in [3.8, 4) is 0 Å². The SMILES string of the molecule is Nc1cccc2c1CCN2C(=O)c1coc2ccccc12. The van der Waals surface area contributed by atoms with Crippen LogP contribution in [0.3, 0.4) is 0 Å². The van der Waals surface area contributed by atoms with Crippen LogP contribution in [0.15, 0.2) is 53.1 Å². The lowest BCUT2D eigenvalue weighted by atomic mass is 10.1. The van der Waals surface area contributed by atoms with Gasteiger partial charge in [-0.15, -0.1) is 0 Å². The van der Waals surface area contributed by atoms with E-state index >= 15 is 0 Å². The van der Waals surface area contributed by atoms with Gasteiger partial charge in [0, 0.05) is 28.9 Å². The van der Waals surface area contributed by atoms with Gasteiger partial charge >= 0.3 is 0 Å². The number of nitrogens with zero attached hydrogens (tertiary/aromatic N) is 1. The van der Waals surface area contributed by atoms with Crippen LogP contribution in [-0.2, 0) is 6.42 Å². The van der Waals surface area contributed by atoms with Gasteiger partial charge in [0.1, 0.15) is 11.8 Å². The fraction of sp³-hybridized carbons (Fsp3) is 0.118. The summed E-state index contributed by atoms with van der Waals surface area (Å²) in [7, 11) is 0. The van der Waals surface area contributed by atoms with Crippen molar-refractivity contribution in [2.75, 3.05) is 17.2 Å². The Morgan fingerprint density at radius 2 is 2.00 bits per heavy atom. The van der Waals surface area contributed by atoms with Crippen molar-refractivity contribution >= 4 is 28.3 Å². The molecule has 0 saturated heterocycles. The molecule has 0 fully saturated rings. The molecule has 4 rings (SSSR count). The molecule has 2 aromatic carbocycles. The Balaban J connectivity index is 1.79.